The lowest BCUT2D eigenvalue weighted by Crippen LogP contribution is -2.20. The second-order valence-electron chi connectivity index (χ2n) is 9.93. The van der Waals surface area contributed by atoms with Crippen molar-refractivity contribution in [1.29, 1.82) is 0 Å². The molecule has 1 aliphatic heterocycles. The van der Waals surface area contributed by atoms with E-state index in [0.717, 1.165) is 39.1 Å². The molecule has 3 N–H and O–H groups in total. The van der Waals surface area contributed by atoms with Gasteiger partial charge in [-0.15, -0.1) is 0 Å². The van der Waals surface area contributed by atoms with Gasteiger partial charge in [0.25, 0.3) is 0 Å². The van der Waals surface area contributed by atoms with Crippen LogP contribution >= 0.6 is 0 Å². The van der Waals surface area contributed by atoms with E-state index in [2.05, 4.69) is 15.8 Å². The number of nitrogens with one attached hydrogen (secondary N) is 2. The number of carboxylic acids is 1. The number of hydrogen-bond acceptors (Lipinski definition) is 6. The van der Waals surface area contributed by atoms with Gasteiger partial charge < -0.3 is 19.7 Å². The van der Waals surface area contributed by atoms with Crippen LogP contribution in [0.4, 0.5) is 16.2 Å². The van der Waals surface area contributed by atoms with Gasteiger partial charge in [0.15, 0.2) is 5.76 Å². The molecule has 1 aliphatic carbocycles. The largest absolute Gasteiger partial charge is 0.481 e. The SMILES string of the molecule is Cc1noc(-c2ccc3c(c2)NCc2cc(C4(C(=O)O)CC4)ccc2-3)c1NC(=O)OC(C)c1ccccc1. The summed E-state index contributed by atoms with van der Waals surface area (Å²) in [6.45, 7) is 4.16. The van der Waals surface area contributed by atoms with Crippen molar-refractivity contribution in [1.82, 2.24) is 5.16 Å². The topological polar surface area (TPSA) is 114 Å². The van der Waals surface area contributed by atoms with E-state index in [1.165, 1.54) is 0 Å². The number of benzene rings is 3. The average Bonchev–Trinajstić information content (AvgIpc) is 3.67. The molecule has 0 radical (unpaired) electrons. The van der Waals surface area contributed by atoms with Gasteiger partial charge in [0.05, 0.1) is 5.41 Å². The summed E-state index contributed by atoms with van der Waals surface area (Å²) in [5.74, 6) is -0.314. The number of fused-ring (bicyclic) bond motifs is 3. The maximum absolute atomic E-state index is 12.7. The van der Waals surface area contributed by atoms with Gasteiger partial charge >= 0.3 is 12.1 Å². The monoisotopic (exact) mass is 509 g/mol. The predicted molar refractivity (Wildman–Crippen MR) is 143 cm³/mol. The van der Waals surface area contributed by atoms with Gasteiger partial charge in [-0.3, -0.25) is 10.1 Å². The van der Waals surface area contributed by atoms with Gasteiger partial charge in [-0.25, -0.2) is 4.79 Å². The van der Waals surface area contributed by atoms with Gasteiger partial charge in [0.1, 0.15) is 17.5 Å². The highest BCUT2D eigenvalue weighted by Gasteiger charge is 2.51. The van der Waals surface area contributed by atoms with Crippen LogP contribution < -0.4 is 10.6 Å². The van der Waals surface area contributed by atoms with Crippen LogP contribution in [0, 0.1) is 6.92 Å². The fourth-order valence-corrected chi connectivity index (χ4v) is 5.11. The number of amides is 1. The molecule has 2 heterocycles. The number of hydrogen-bond donors (Lipinski definition) is 3. The van der Waals surface area contributed by atoms with E-state index < -0.39 is 23.6 Å². The first-order valence-electron chi connectivity index (χ1n) is 12.6. The molecule has 0 bridgehead atoms. The third-order valence-electron chi connectivity index (χ3n) is 7.50. The van der Waals surface area contributed by atoms with E-state index in [0.29, 0.717) is 36.5 Å². The number of ether oxygens (including phenoxy) is 1. The summed E-state index contributed by atoms with van der Waals surface area (Å²) in [7, 11) is 0. The molecule has 8 nitrogen and oxygen atoms in total. The minimum absolute atomic E-state index is 0.418. The van der Waals surface area contributed by atoms with Crippen LogP contribution in [0.25, 0.3) is 22.5 Å². The molecule has 1 aromatic heterocycles. The Labute approximate surface area is 219 Å². The van der Waals surface area contributed by atoms with Crippen LogP contribution in [0.15, 0.2) is 71.3 Å². The lowest BCUT2D eigenvalue weighted by Gasteiger charge is -2.24. The first-order chi connectivity index (χ1) is 18.4. The molecule has 1 unspecified atom stereocenters. The zero-order valence-corrected chi connectivity index (χ0v) is 21.1. The standard InChI is InChI=1S/C30H27N3O5/c1-17-26(32-29(36)37-18(2)19-6-4-3-5-7-19)27(38-33-17)20-8-10-24-23-11-9-22(30(12-13-30)28(34)35)14-21(23)16-31-25(24)15-20/h3-11,14-15,18,31H,12-13,16H2,1-2H3,(H,32,36)(H,34,35). The summed E-state index contributed by atoms with van der Waals surface area (Å²) in [6.07, 6.45) is 0.350. The number of aryl methyl sites for hydroxylation is 1. The smallest absolute Gasteiger partial charge is 0.412 e. The average molecular weight is 510 g/mol. The van der Waals surface area contributed by atoms with Gasteiger partial charge in [-0.2, -0.15) is 0 Å². The molecule has 3 aromatic carbocycles. The van der Waals surface area contributed by atoms with Crippen molar-refractivity contribution < 1.29 is 24.0 Å². The molecule has 0 spiro atoms. The van der Waals surface area contributed by atoms with E-state index in [1.807, 2.05) is 73.7 Å². The third-order valence-corrected chi connectivity index (χ3v) is 7.50. The number of carbonyl (C=O) groups excluding carboxylic acids is 1. The summed E-state index contributed by atoms with van der Waals surface area (Å²) in [6, 6.07) is 21.4. The number of nitrogens with zero attached hydrogens (tertiary/aromatic N) is 1. The van der Waals surface area contributed by atoms with Crippen molar-refractivity contribution in [3.63, 3.8) is 0 Å². The summed E-state index contributed by atoms with van der Waals surface area (Å²) >= 11 is 0. The van der Waals surface area contributed by atoms with Crippen LogP contribution in [0.1, 0.15) is 48.3 Å². The van der Waals surface area contributed by atoms with Gasteiger partial charge in [0.2, 0.25) is 0 Å². The molecular formula is C30H27N3O5. The molecule has 192 valence electrons. The predicted octanol–water partition coefficient (Wildman–Crippen LogP) is 6.67. The van der Waals surface area contributed by atoms with Crippen molar-refractivity contribution >= 4 is 23.4 Å². The summed E-state index contributed by atoms with van der Waals surface area (Å²) in [4.78, 5) is 24.5. The lowest BCUT2D eigenvalue weighted by molar-refractivity contribution is -0.140. The van der Waals surface area contributed by atoms with Crippen LogP contribution in [0.5, 0.6) is 0 Å². The third kappa shape index (κ3) is 4.08. The molecule has 8 heteroatoms. The first kappa shape index (κ1) is 23.8. The number of anilines is 2. The number of carbonyl (C=O) groups is 2. The summed E-state index contributed by atoms with van der Waals surface area (Å²) < 4.78 is 11.2. The van der Waals surface area contributed by atoms with E-state index in [9.17, 15) is 14.7 Å². The van der Waals surface area contributed by atoms with E-state index >= 15 is 0 Å². The Hall–Kier alpha value is -4.59. The Morgan fingerprint density at radius 1 is 1.08 bits per heavy atom. The Balaban J connectivity index is 1.24. The minimum Gasteiger partial charge on any atom is -0.481 e. The van der Waals surface area contributed by atoms with E-state index in [4.69, 9.17) is 9.26 Å². The zero-order chi connectivity index (χ0) is 26.4. The number of aromatic nitrogens is 1. The maximum Gasteiger partial charge on any atom is 0.412 e. The van der Waals surface area contributed by atoms with Crippen LogP contribution in [-0.4, -0.2) is 22.3 Å². The van der Waals surface area contributed by atoms with Crippen molar-refractivity contribution in [3.05, 3.63) is 89.1 Å². The van der Waals surface area contributed by atoms with Crippen molar-refractivity contribution in [2.45, 2.75) is 44.8 Å². The molecule has 2 aliphatic rings. The number of rotatable bonds is 6. The minimum atomic E-state index is -0.753. The fourth-order valence-electron chi connectivity index (χ4n) is 5.11. The highest BCUT2D eigenvalue weighted by Crippen LogP contribution is 2.50. The zero-order valence-electron chi connectivity index (χ0n) is 21.1. The molecule has 1 fully saturated rings. The lowest BCUT2D eigenvalue weighted by atomic mass is 9.87. The molecule has 4 aromatic rings. The second kappa shape index (κ2) is 9.06. The molecule has 38 heavy (non-hydrogen) atoms. The molecule has 1 saturated carbocycles. The highest BCUT2D eigenvalue weighted by atomic mass is 16.6. The van der Waals surface area contributed by atoms with Crippen molar-refractivity contribution in [3.8, 4) is 22.5 Å². The van der Waals surface area contributed by atoms with Crippen molar-refractivity contribution in [2.24, 2.45) is 0 Å². The Kier molecular flexibility index (Phi) is 5.67. The Bertz CT molecular complexity index is 1560. The normalized spacial score (nSPS) is 15.4. The maximum atomic E-state index is 12.7. The summed E-state index contributed by atoms with van der Waals surface area (Å²) in [5.41, 5.74) is 6.87. The van der Waals surface area contributed by atoms with Crippen LogP contribution in [0.2, 0.25) is 0 Å². The molecule has 1 amide bonds. The fraction of sp³-hybridized carbons (Fsp3) is 0.233. The quantitative estimate of drug-likeness (QED) is 0.266. The van der Waals surface area contributed by atoms with Gasteiger partial charge in [0, 0.05) is 23.4 Å². The van der Waals surface area contributed by atoms with Gasteiger partial charge in [-0.1, -0.05) is 65.8 Å². The second-order valence-corrected chi connectivity index (χ2v) is 9.93. The van der Waals surface area contributed by atoms with Crippen molar-refractivity contribution in [2.75, 3.05) is 10.6 Å². The van der Waals surface area contributed by atoms with Crippen LogP contribution in [0.3, 0.4) is 0 Å². The summed E-state index contributed by atoms with van der Waals surface area (Å²) in [5, 5.41) is 20.0. The van der Waals surface area contributed by atoms with E-state index in [1.54, 1.807) is 6.92 Å². The first-order valence-corrected chi connectivity index (χ1v) is 12.6. The molecule has 6 rings (SSSR count). The Morgan fingerprint density at radius 3 is 2.58 bits per heavy atom. The number of carboxylic acid groups (broad SMARTS) is 1. The highest BCUT2D eigenvalue weighted by molar-refractivity contribution is 5.93. The number of aliphatic carboxylic acids is 1. The Morgan fingerprint density at radius 2 is 1.84 bits per heavy atom. The van der Waals surface area contributed by atoms with E-state index in [-0.39, 0.29) is 0 Å². The van der Waals surface area contributed by atoms with Gasteiger partial charge in [-0.05, 0) is 55.0 Å². The molecule has 0 saturated heterocycles. The van der Waals surface area contributed by atoms with Crippen LogP contribution in [-0.2, 0) is 21.5 Å². The molecular weight excluding hydrogens is 482 g/mol. The molecule has 1 atom stereocenters.